The van der Waals surface area contributed by atoms with E-state index in [1.807, 2.05) is 0 Å². The summed E-state index contributed by atoms with van der Waals surface area (Å²) in [6.07, 6.45) is 0. The molecule has 1 heterocycles. The number of nitrogen functional groups attached to an aromatic ring is 1. The Kier molecular flexibility index (Phi) is 3.79. The third-order valence-electron chi connectivity index (χ3n) is 2.92. The molecule has 20 heavy (non-hydrogen) atoms. The highest BCUT2D eigenvalue weighted by Gasteiger charge is 2.29. The number of anilines is 2. The minimum atomic E-state index is -3.76. The summed E-state index contributed by atoms with van der Waals surface area (Å²) < 4.78 is 32.1. The Bertz CT molecular complexity index is 736. The van der Waals surface area contributed by atoms with Gasteiger partial charge in [-0.3, -0.25) is 4.31 Å². The normalized spacial score (nSPS) is 11.6. The van der Waals surface area contributed by atoms with E-state index in [-0.39, 0.29) is 10.7 Å². The second-order valence-corrected chi connectivity index (χ2v) is 7.15. The van der Waals surface area contributed by atoms with Crippen LogP contribution in [0.5, 0.6) is 0 Å². The van der Waals surface area contributed by atoms with E-state index in [1.54, 1.807) is 32.0 Å². The van der Waals surface area contributed by atoms with Crippen LogP contribution in [0.1, 0.15) is 11.5 Å². The predicted molar refractivity (Wildman–Crippen MR) is 80.1 cm³/mol. The molecule has 8 heteroatoms. The number of benzene rings is 1. The Hall–Kier alpha value is -1.54. The summed E-state index contributed by atoms with van der Waals surface area (Å²) in [5.41, 5.74) is 6.95. The van der Waals surface area contributed by atoms with E-state index in [9.17, 15) is 8.42 Å². The molecule has 0 amide bonds. The van der Waals surface area contributed by atoms with Crippen LogP contribution >= 0.6 is 15.9 Å². The molecule has 0 bridgehead atoms. The van der Waals surface area contributed by atoms with E-state index in [1.165, 1.54) is 7.05 Å². The van der Waals surface area contributed by atoms with Gasteiger partial charge in [-0.1, -0.05) is 21.1 Å². The molecule has 0 aliphatic carbocycles. The molecule has 1 aromatic carbocycles. The van der Waals surface area contributed by atoms with E-state index < -0.39 is 10.0 Å². The van der Waals surface area contributed by atoms with Crippen molar-refractivity contribution >= 4 is 37.3 Å². The number of rotatable bonds is 3. The van der Waals surface area contributed by atoms with Crippen LogP contribution in [0.25, 0.3) is 0 Å². The molecule has 6 nitrogen and oxygen atoms in total. The molecule has 108 valence electrons. The molecule has 0 atom stereocenters. The summed E-state index contributed by atoms with van der Waals surface area (Å²) in [5.74, 6) is 0.255. The van der Waals surface area contributed by atoms with Gasteiger partial charge >= 0.3 is 0 Å². The smallest absolute Gasteiger partial charge is 0.269 e. The van der Waals surface area contributed by atoms with E-state index >= 15 is 0 Å². The lowest BCUT2D eigenvalue weighted by atomic mass is 10.3. The lowest BCUT2D eigenvalue weighted by Crippen LogP contribution is -2.28. The molecule has 1 aromatic heterocycles. The number of nitrogens with zero attached hydrogens (tertiary/aromatic N) is 2. The third-order valence-corrected chi connectivity index (χ3v) is 5.42. The number of halogens is 1. The third kappa shape index (κ3) is 2.40. The van der Waals surface area contributed by atoms with Gasteiger partial charge in [0.15, 0.2) is 10.7 Å². The predicted octanol–water partition coefficient (Wildman–Crippen LogP) is 2.46. The van der Waals surface area contributed by atoms with Crippen molar-refractivity contribution in [3.05, 3.63) is 34.1 Å². The molecule has 0 spiro atoms. The number of sulfonamides is 1. The summed E-state index contributed by atoms with van der Waals surface area (Å²) >= 11 is 3.28. The van der Waals surface area contributed by atoms with Crippen molar-refractivity contribution in [2.75, 3.05) is 17.1 Å². The fourth-order valence-electron chi connectivity index (χ4n) is 1.92. The molecular weight excluding hydrogens is 346 g/mol. The Morgan fingerprint density at radius 1 is 1.35 bits per heavy atom. The quantitative estimate of drug-likeness (QED) is 0.850. The Morgan fingerprint density at radius 3 is 2.50 bits per heavy atom. The number of nitrogens with two attached hydrogens (primary N) is 1. The SMILES string of the molecule is Cc1noc(C)c1S(=O)(=O)N(C)c1ccc(Br)cc1N. The van der Waals surface area contributed by atoms with Gasteiger partial charge < -0.3 is 10.3 Å². The average molecular weight is 360 g/mol. The van der Waals surface area contributed by atoms with Crippen LogP contribution in [0, 0.1) is 13.8 Å². The monoisotopic (exact) mass is 359 g/mol. The molecule has 2 N–H and O–H groups in total. The molecule has 0 saturated heterocycles. The first-order valence-corrected chi connectivity index (χ1v) is 7.95. The van der Waals surface area contributed by atoms with Crippen LogP contribution in [-0.2, 0) is 10.0 Å². The Morgan fingerprint density at radius 2 is 2.00 bits per heavy atom. The van der Waals surface area contributed by atoms with Crippen molar-refractivity contribution in [3.63, 3.8) is 0 Å². The van der Waals surface area contributed by atoms with Crippen LogP contribution in [0.2, 0.25) is 0 Å². The second kappa shape index (κ2) is 5.10. The van der Waals surface area contributed by atoms with Gasteiger partial charge in [-0.2, -0.15) is 0 Å². The molecule has 0 aliphatic rings. The van der Waals surface area contributed by atoms with Crippen molar-refractivity contribution in [1.82, 2.24) is 5.16 Å². The van der Waals surface area contributed by atoms with Gasteiger partial charge in [0.25, 0.3) is 10.0 Å². The molecule has 2 aromatic rings. The van der Waals surface area contributed by atoms with Gasteiger partial charge in [-0.25, -0.2) is 8.42 Å². The highest BCUT2D eigenvalue weighted by molar-refractivity contribution is 9.10. The van der Waals surface area contributed by atoms with Gasteiger partial charge in [0.05, 0.1) is 11.4 Å². The van der Waals surface area contributed by atoms with Crippen molar-refractivity contribution < 1.29 is 12.9 Å². The summed E-state index contributed by atoms with van der Waals surface area (Å²) in [7, 11) is -2.32. The van der Waals surface area contributed by atoms with Crippen LogP contribution in [0.3, 0.4) is 0 Å². The summed E-state index contributed by atoms with van der Waals surface area (Å²) in [4.78, 5) is 0.0716. The number of hydrogen-bond acceptors (Lipinski definition) is 5. The maximum absolute atomic E-state index is 12.6. The molecule has 0 saturated carbocycles. The van der Waals surface area contributed by atoms with Crippen LogP contribution < -0.4 is 10.0 Å². The zero-order valence-corrected chi connectivity index (χ0v) is 13.6. The maximum Gasteiger partial charge on any atom is 0.269 e. The topological polar surface area (TPSA) is 89.4 Å². The zero-order chi connectivity index (χ0) is 15.1. The fraction of sp³-hybridized carbons (Fsp3) is 0.250. The highest BCUT2D eigenvalue weighted by Crippen LogP contribution is 2.31. The Labute approximate surface area is 125 Å². The molecule has 2 rings (SSSR count). The van der Waals surface area contributed by atoms with E-state index in [0.29, 0.717) is 17.1 Å². The first kappa shape index (κ1) is 14.9. The van der Waals surface area contributed by atoms with Gasteiger partial charge in [0, 0.05) is 11.5 Å². The lowest BCUT2D eigenvalue weighted by molar-refractivity contribution is 0.390. The van der Waals surface area contributed by atoms with Gasteiger partial charge in [0.2, 0.25) is 0 Å². The van der Waals surface area contributed by atoms with Crippen molar-refractivity contribution in [1.29, 1.82) is 0 Å². The summed E-state index contributed by atoms with van der Waals surface area (Å²) in [6, 6.07) is 5.01. The van der Waals surface area contributed by atoms with Crippen LogP contribution in [-0.4, -0.2) is 20.6 Å². The van der Waals surface area contributed by atoms with Gasteiger partial charge in [-0.05, 0) is 32.0 Å². The van der Waals surface area contributed by atoms with Gasteiger partial charge in [0.1, 0.15) is 5.69 Å². The summed E-state index contributed by atoms with van der Waals surface area (Å²) in [5, 5.41) is 3.68. The van der Waals surface area contributed by atoms with Gasteiger partial charge in [-0.15, -0.1) is 0 Å². The van der Waals surface area contributed by atoms with Crippen LogP contribution in [0.4, 0.5) is 11.4 Å². The standard InChI is InChI=1S/C12H14BrN3O3S/c1-7-12(8(2)19-15-7)20(17,18)16(3)11-5-4-9(13)6-10(11)14/h4-6H,14H2,1-3H3. The minimum Gasteiger partial charge on any atom is -0.397 e. The number of hydrogen-bond donors (Lipinski definition) is 1. The van der Waals surface area contributed by atoms with Crippen LogP contribution in [0.15, 0.2) is 32.1 Å². The minimum absolute atomic E-state index is 0.0716. The molecule has 0 fully saturated rings. The molecule has 0 unspecified atom stereocenters. The molecule has 0 aliphatic heterocycles. The fourth-order valence-corrected chi connectivity index (χ4v) is 3.81. The lowest BCUT2D eigenvalue weighted by Gasteiger charge is -2.20. The zero-order valence-electron chi connectivity index (χ0n) is 11.2. The van der Waals surface area contributed by atoms with Crippen molar-refractivity contribution in [2.45, 2.75) is 18.7 Å². The summed E-state index contributed by atoms with van der Waals surface area (Å²) in [6.45, 7) is 3.15. The van der Waals surface area contributed by atoms with E-state index in [0.717, 1.165) is 8.78 Å². The first-order chi connectivity index (χ1) is 9.25. The number of aryl methyl sites for hydroxylation is 2. The van der Waals surface area contributed by atoms with E-state index in [2.05, 4.69) is 21.1 Å². The van der Waals surface area contributed by atoms with Crippen molar-refractivity contribution in [3.8, 4) is 0 Å². The first-order valence-electron chi connectivity index (χ1n) is 5.72. The molecule has 0 radical (unpaired) electrons. The average Bonchev–Trinajstić information content (AvgIpc) is 2.68. The maximum atomic E-state index is 12.6. The van der Waals surface area contributed by atoms with E-state index in [4.69, 9.17) is 10.3 Å². The largest absolute Gasteiger partial charge is 0.397 e. The van der Waals surface area contributed by atoms with Crippen molar-refractivity contribution in [2.24, 2.45) is 0 Å². The number of aromatic nitrogens is 1. The Balaban J connectivity index is 2.55. The molecular formula is C12H14BrN3O3S. The highest BCUT2D eigenvalue weighted by atomic mass is 79.9. The second-order valence-electron chi connectivity index (χ2n) is 4.33.